The third-order valence-electron chi connectivity index (χ3n) is 2.83. The molecular formula is C14H27ClNSiV-3. The van der Waals surface area contributed by atoms with Crippen LogP contribution in [0.1, 0.15) is 48.5 Å². The van der Waals surface area contributed by atoms with E-state index in [2.05, 4.69) is 59.9 Å². The van der Waals surface area contributed by atoms with Gasteiger partial charge in [0.25, 0.3) is 0 Å². The molecule has 18 heavy (non-hydrogen) atoms. The third kappa shape index (κ3) is 9.46. The normalized spacial score (nSPS) is 18.1. The van der Waals surface area contributed by atoms with Crippen molar-refractivity contribution in [2.45, 2.75) is 66.1 Å². The van der Waals surface area contributed by atoms with E-state index in [9.17, 15) is 0 Å². The second-order valence-corrected chi connectivity index (χ2v) is 6.29. The summed E-state index contributed by atoms with van der Waals surface area (Å²) < 4.78 is 0. The van der Waals surface area contributed by atoms with E-state index in [1.54, 1.807) is 5.57 Å². The van der Waals surface area contributed by atoms with Gasteiger partial charge in [-0.1, -0.05) is 41.5 Å². The molecule has 0 heterocycles. The van der Waals surface area contributed by atoms with Gasteiger partial charge >= 0.3 is 0 Å². The van der Waals surface area contributed by atoms with Gasteiger partial charge in [-0.3, -0.25) is 6.08 Å². The van der Waals surface area contributed by atoms with E-state index < -0.39 is 0 Å². The van der Waals surface area contributed by atoms with E-state index in [1.165, 1.54) is 21.4 Å². The molecule has 0 aliphatic heterocycles. The number of hydrogen-bond acceptors (Lipinski definition) is 0. The summed E-state index contributed by atoms with van der Waals surface area (Å²) >= 11 is 0. The van der Waals surface area contributed by atoms with Crippen molar-refractivity contribution in [1.82, 2.24) is 0 Å². The first-order chi connectivity index (χ1) is 7.25. The molecule has 0 aromatic rings. The van der Waals surface area contributed by atoms with Crippen LogP contribution in [0.3, 0.4) is 0 Å². The molecule has 0 N–H and O–H groups in total. The molecule has 1 radical (unpaired) electrons. The summed E-state index contributed by atoms with van der Waals surface area (Å²) in [5.41, 5.74) is 5.08. The van der Waals surface area contributed by atoms with E-state index in [0.717, 1.165) is 0 Å². The minimum absolute atomic E-state index is 0. The molecule has 1 rings (SSSR count). The Balaban J connectivity index is -0.000000232. The van der Waals surface area contributed by atoms with Gasteiger partial charge in [-0.05, 0) is 10.2 Å². The van der Waals surface area contributed by atoms with Crippen molar-refractivity contribution in [2.75, 3.05) is 0 Å². The molecule has 1 nitrogen and oxygen atoms in total. The van der Waals surface area contributed by atoms with Crippen LogP contribution in [0, 0.1) is 6.08 Å². The Labute approximate surface area is 135 Å². The summed E-state index contributed by atoms with van der Waals surface area (Å²) in [5.74, 6) is 0. The number of nitrogens with zero attached hydrogens (tertiary/aromatic N) is 1. The van der Waals surface area contributed by atoms with Crippen LogP contribution in [0.2, 0.25) is 5.54 Å². The maximum Gasteiger partial charge on any atom is 0 e. The Bertz CT molecular complexity index is 280. The zero-order valence-electron chi connectivity index (χ0n) is 13.0. The Hall–Kier alpha value is 0.531. The van der Waals surface area contributed by atoms with E-state index in [-0.39, 0.29) is 31.0 Å². The van der Waals surface area contributed by atoms with Crippen molar-refractivity contribution in [1.29, 1.82) is 0 Å². The van der Waals surface area contributed by atoms with Crippen molar-refractivity contribution < 1.29 is 31.0 Å². The summed E-state index contributed by atoms with van der Waals surface area (Å²) in [6.45, 7) is 14.9. The van der Waals surface area contributed by atoms with E-state index >= 15 is 0 Å². The predicted molar refractivity (Wildman–Crippen MR) is 78.1 cm³/mol. The van der Waals surface area contributed by atoms with E-state index in [4.69, 9.17) is 0 Å². The molecule has 0 bridgehead atoms. The SMILES string of the molecule is CC(C)[N-]C(C)C.CC1=[C-]C([SiH3])C(C)=C1C.[Cl-].[V]. The van der Waals surface area contributed by atoms with Crippen LogP contribution in [0.25, 0.3) is 5.32 Å². The third-order valence-corrected chi connectivity index (χ3v) is 3.99. The molecule has 107 valence electrons. The Morgan fingerprint density at radius 1 is 1.06 bits per heavy atom. The average Bonchev–Trinajstić information content (AvgIpc) is 2.32. The van der Waals surface area contributed by atoms with Crippen LogP contribution in [0.15, 0.2) is 16.7 Å². The van der Waals surface area contributed by atoms with E-state index in [1.807, 2.05) is 0 Å². The monoisotopic (exact) mass is 323 g/mol. The van der Waals surface area contributed by atoms with Crippen LogP contribution in [0.4, 0.5) is 0 Å². The van der Waals surface area contributed by atoms with Crippen LogP contribution in [-0.4, -0.2) is 22.3 Å². The predicted octanol–water partition coefficient (Wildman–Crippen LogP) is 0.418. The summed E-state index contributed by atoms with van der Waals surface area (Å²) in [6, 6.07) is 1.000. The van der Waals surface area contributed by atoms with Gasteiger partial charge in [0.1, 0.15) is 0 Å². The minimum Gasteiger partial charge on any atom is -1.00 e. The van der Waals surface area contributed by atoms with Gasteiger partial charge in [0.05, 0.1) is 0 Å². The molecule has 0 fully saturated rings. The van der Waals surface area contributed by atoms with Crippen molar-refractivity contribution >= 4 is 10.2 Å². The van der Waals surface area contributed by atoms with Crippen LogP contribution in [-0.2, 0) is 18.6 Å². The fourth-order valence-corrected chi connectivity index (χ4v) is 2.62. The molecule has 0 saturated carbocycles. The molecule has 0 spiro atoms. The molecule has 1 atom stereocenters. The first-order valence-electron chi connectivity index (χ1n) is 6.23. The molecular weight excluding hydrogens is 297 g/mol. The van der Waals surface area contributed by atoms with Gasteiger partial charge < -0.3 is 17.7 Å². The maximum atomic E-state index is 4.28. The number of halogens is 1. The Kier molecular flexibility index (Phi) is 14.9. The maximum absolute atomic E-state index is 4.28. The zero-order chi connectivity index (χ0) is 12.9. The number of hydrogen-bond donors (Lipinski definition) is 0. The second kappa shape index (κ2) is 11.4. The van der Waals surface area contributed by atoms with Crippen molar-refractivity contribution in [3.63, 3.8) is 0 Å². The second-order valence-electron chi connectivity index (χ2n) is 5.14. The minimum atomic E-state index is 0. The standard InChI is InChI=1S/C8H13Si.C6H14N.ClH.V/c1-5-4-8(9)7(3)6(5)2;1-5(2)7-6(3)4;;/h8H,1-3,9H3;5-6H,1-4H3;1H;/q2*-1;;/p-1. The first-order valence-corrected chi connectivity index (χ1v) is 7.39. The zero-order valence-corrected chi connectivity index (χ0v) is 17.2. The summed E-state index contributed by atoms with van der Waals surface area (Å²) in [6.07, 6.45) is 3.42. The molecule has 1 unspecified atom stereocenters. The van der Waals surface area contributed by atoms with E-state index in [0.29, 0.717) is 17.6 Å². The largest absolute Gasteiger partial charge is 1.00 e. The topological polar surface area (TPSA) is 14.1 Å². The molecule has 0 aromatic carbocycles. The summed E-state index contributed by atoms with van der Waals surface area (Å²) in [4.78, 5) is 0. The molecule has 1 aliphatic rings. The van der Waals surface area contributed by atoms with Crippen molar-refractivity contribution in [2.24, 2.45) is 0 Å². The van der Waals surface area contributed by atoms with Gasteiger partial charge in [0, 0.05) is 18.6 Å². The van der Waals surface area contributed by atoms with Crippen LogP contribution < -0.4 is 12.4 Å². The van der Waals surface area contributed by atoms with Gasteiger partial charge in [-0.25, -0.2) is 5.57 Å². The fourth-order valence-electron chi connectivity index (χ4n) is 1.76. The fraction of sp³-hybridized carbons (Fsp3) is 0.714. The van der Waals surface area contributed by atoms with Crippen LogP contribution >= 0.6 is 0 Å². The van der Waals surface area contributed by atoms with Crippen molar-refractivity contribution in [3.8, 4) is 0 Å². The van der Waals surface area contributed by atoms with Gasteiger partial charge in [-0.2, -0.15) is 11.1 Å². The number of allylic oxidation sites excluding steroid dienone is 4. The van der Waals surface area contributed by atoms with Gasteiger partial charge in [-0.15, -0.1) is 24.5 Å². The molecule has 1 aliphatic carbocycles. The van der Waals surface area contributed by atoms with Crippen LogP contribution in [0.5, 0.6) is 0 Å². The average molecular weight is 324 g/mol. The molecule has 0 amide bonds. The molecule has 0 saturated heterocycles. The van der Waals surface area contributed by atoms with Crippen molar-refractivity contribution in [3.05, 3.63) is 28.1 Å². The Morgan fingerprint density at radius 2 is 1.44 bits per heavy atom. The quantitative estimate of drug-likeness (QED) is 0.516. The molecule has 4 heteroatoms. The van der Waals surface area contributed by atoms with Gasteiger partial charge in [0.15, 0.2) is 0 Å². The molecule has 0 aromatic heterocycles. The first kappa shape index (κ1) is 23.6. The summed E-state index contributed by atoms with van der Waals surface area (Å²) in [7, 11) is 1.22. The summed E-state index contributed by atoms with van der Waals surface area (Å²) in [5, 5.41) is 4.28. The van der Waals surface area contributed by atoms with Gasteiger partial charge in [0.2, 0.25) is 0 Å². The number of rotatable bonds is 2. The smallest absolute Gasteiger partial charge is 0 e. The Morgan fingerprint density at radius 3 is 1.50 bits per heavy atom.